The molecule has 0 aliphatic carbocycles. The van der Waals surface area contributed by atoms with E-state index in [1.165, 1.54) is 23.0 Å². The van der Waals surface area contributed by atoms with E-state index in [0.29, 0.717) is 5.56 Å². The first-order valence-corrected chi connectivity index (χ1v) is 7.36. The summed E-state index contributed by atoms with van der Waals surface area (Å²) in [6.45, 7) is 2.07. The van der Waals surface area contributed by atoms with Gasteiger partial charge in [0.25, 0.3) is 5.91 Å². The van der Waals surface area contributed by atoms with Crippen molar-refractivity contribution in [2.75, 3.05) is 5.32 Å². The van der Waals surface area contributed by atoms with Gasteiger partial charge in [-0.3, -0.25) is 4.79 Å². The highest BCUT2D eigenvalue weighted by atomic mass is 32.1. The predicted molar refractivity (Wildman–Crippen MR) is 84.8 cm³/mol. The Kier molecular flexibility index (Phi) is 4.90. The summed E-state index contributed by atoms with van der Waals surface area (Å²) < 4.78 is 0. The van der Waals surface area contributed by atoms with E-state index in [-0.39, 0.29) is 5.91 Å². The first-order chi connectivity index (χ1) is 10.1. The van der Waals surface area contributed by atoms with Gasteiger partial charge < -0.3 is 10.4 Å². The van der Waals surface area contributed by atoms with E-state index >= 15 is 0 Å². The number of hydrogen-bond acceptors (Lipinski definition) is 3. The molecular weight excluding hydrogens is 286 g/mol. The van der Waals surface area contributed by atoms with Gasteiger partial charge in [-0.1, -0.05) is 19.1 Å². The summed E-state index contributed by atoms with van der Waals surface area (Å²) in [5.74, 6) is -1.21. The molecular formula is C16H15NO3S. The van der Waals surface area contributed by atoms with Crippen LogP contribution in [-0.4, -0.2) is 17.0 Å². The molecule has 1 aromatic heterocycles. The molecule has 4 nitrogen and oxygen atoms in total. The van der Waals surface area contributed by atoms with Crippen LogP contribution in [0.15, 0.2) is 41.8 Å². The number of carbonyl (C=O) groups is 2. The maximum atomic E-state index is 12.1. The molecule has 0 spiro atoms. The van der Waals surface area contributed by atoms with Crippen LogP contribution < -0.4 is 5.32 Å². The van der Waals surface area contributed by atoms with E-state index in [0.717, 1.165) is 23.1 Å². The molecule has 0 fully saturated rings. The number of hydrogen-bond donors (Lipinski definition) is 2. The van der Waals surface area contributed by atoms with Crippen molar-refractivity contribution >= 4 is 35.0 Å². The lowest BCUT2D eigenvalue weighted by molar-refractivity contribution is -0.131. The Bertz CT molecular complexity index is 671. The smallest absolute Gasteiger partial charge is 0.328 e. The fourth-order valence-electron chi connectivity index (χ4n) is 1.74. The molecule has 1 aromatic carbocycles. The number of carboxylic acid groups (broad SMARTS) is 1. The van der Waals surface area contributed by atoms with Gasteiger partial charge in [-0.25, -0.2) is 4.79 Å². The van der Waals surface area contributed by atoms with Crippen molar-refractivity contribution in [1.29, 1.82) is 0 Å². The Morgan fingerprint density at radius 3 is 2.62 bits per heavy atom. The van der Waals surface area contributed by atoms with Crippen LogP contribution in [0.5, 0.6) is 0 Å². The molecule has 0 saturated carbocycles. The van der Waals surface area contributed by atoms with E-state index in [1.54, 1.807) is 11.4 Å². The average Bonchev–Trinajstić information content (AvgIpc) is 2.95. The van der Waals surface area contributed by atoms with Crippen LogP contribution in [0.2, 0.25) is 0 Å². The van der Waals surface area contributed by atoms with E-state index in [2.05, 4.69) is 12.2 Å². The Balaban J connectivity index is 2.04. The van der Waals surface area contributed by atoms with Crippen LogP contribution in [0, 0.1) is 0 Å². The van der Waals surface area contributed by atoms with Crippen molar-refractivity contribution in [2.24, 2.45) is 0 Å². The number of rotatable bonds is 5. The standard InChI is InChI=1S/C16H15NO3S/c1-2-11-3-5-13(6-4-11)17-16(20)12-9-14(21-10-12)7-8-15(18)19/h3-10H,2H2,1H3,(H,17,20)(H,18,19). The molecule has 1 amide bonds. The van der Waals surface area contributed by atoms with Gasteiger partial charge in [0.15, 0.2) is 0 Å². The topological polar surface area (TPSA) is 66.4 Å². The summed E-state index contributed by atoms with van der Waals surface area (Å²) in [6, 6.07) is 9.36. The molecule has 1 heterocycles. The van der Waals surface area contributed by atoms with Gasteiger partial charge in [0.1, 0.15) is 0 Å². The number of benzene rings is 1. The monoisotopic (exact) mass is 301 g/mol. The maximum Gasteiger partial charge on any atom is 0.328 e. The minimum absolute atomic E-state index is 0.203. The highest BCUT2D eigenvalue weighted by molar-refractivity contribution is 7.11. The molecule has 108 valence electrons. The first kappa shape index (κ1) is 15.0. The van der Waals surface area contributed by atoms with Gasteiger partial charge in [0, 0.05) is 22.0 Å². The number of carbonyl (C=O) groups excluding carboxylic acids is 1. The van der Waals surface area contributed by atoms with Crippen molar-refractivity contribution in [3.8, 4) is 0 Å². The van der Waals surface area contributed by atoms with E-state index in [4.69, 9.17) is 5.11 Å². The lowest BCUT2D eigenvalue weighted by Crippen LogP contribution is -2.10. The Morgan fingerprint density at radius 1 is 1.29 bits per heavy atom. The zero-order valence-corrected chi connectivity index (χ0v) is 12.3. The van der Waals surface area contributed by atoms with Crippen molar-refractivity contribution in [2.45, 2.75) is 13.3 Å². The number of aliphatic carboxylic acids is 1. The Hall–Kier alpha value is -2.40. The van der Waals surface area contributed by atoms with Crippen molar-refractivity contribution in [3.63, 3.8) is 0 Å². The molecule has 2 N–H and O–H groups in total. The maximum absolute atomic E-state index is 12.1. The minimum atomic E-state index is -1.01. The number of amides is 1. The van der Waals surface area contributed by atoms with Crippen LogP contribution in [-0.2, 0) is 11.2 Å². The van der Waals surface area contributed by atoms with Gasteiger partial charge >= 0.3 is 5.97 Å². The fourth-order valence-corrected chi connectivity index (χ4v) is 2.52. The van der Waals surface area contributed by atoms with Crippen LogP contribution in [0.25, 0.3) is 6.08 Å². The molecule has 0 saturated heterocycles. The van der Waals surface area contributed by atoms with Gasteiger partial charge in [-0.2, -0.15) is 0 Å². The van der Waals surface area contributed by atoms with E-state index in [9.17, 15) is 9.59 Å². The molecule has 0 unspecified atom stereocenters. The van der Waals surface area contributed by atoms with Gasteiger partial charge in [0.05, 0.1) is 5.56 Å². The summed E-state index contributed by atoms with van der Waals surface area (Å²) in [5, 5.41) is 13.1. The van der Waals surface area contributed by atoms with Gasteiger partial charge in [0.2, 0.25) is 0 Å². The van der Waals surface area contributed by atoms with E-state index in [1.807, 2.05) is 24.3 Å². The second kappa shape index (κ2) is 6.85. The Labute approximate surface area is 126 Å². The van der Waals surface area contributed by atoms with E-state index < -0.39 is 5.97 Å². The molecule has 2 aromatic rings. The number of nitrogens with one attached hydrogen (secondary N) is 1. The lowest BCUT2D eigenvalue weighted by Gasteiger charge is -2.04. The number of anilines is 1. The van der Waals surface area contributed by atoms with Crippen molar-refractivity contribution in [3.05, 3.63) is 57.8 Å². The normalized spacial score (nSPS) is 10.7. The fraction of sp³-hybridized carbons (Fsp3) is 0.125. The van der Waals surface area contributed by atoms with Gasteiger partial charge in [-0.15, -0.1) is 11.3 Å². The second-order valence-corrected chi connectivity index (χ2v) is 5.36. The molecule has 0 bridgehead atoms. The first-order valence-electron chi connectivity index (χ1n) is 6.48. The zero-order valence-electron chi connectivity index (χ0n) is 11.5. The van der Waals surface area contributed by atoms with Gasteiger partial charge in [-0.05, 0) is 36.3 Å². The lowest BCUT2D eigenvalue weighted by atomic mass is 10.1. The Morgan fingerprint density at radius 2 is 2.00 bits per heavy atom. The number of thiophene rings is 1. The number of aryl methyl sites for hydroxylation is 1. The molecule has 5 heteroatoms. The molecule has 2 rings (SSSR count). The largest absolute Gasteiger partial charge is 0.478 e. The molecule has 0 atom stereocenters. The molecule has 0 aliphatic rings. The third kappa shape index (κ3) is 4.29. The summed E-state index contributed by atoms with van der Waals surface area (Å²) in [4.78, 5) is 23.2. The molecule has 21 heavy (non-hydrogen) atoms. The summed E-state index contributed by atoms with van der Waals surface area (Å²) in [5.41, 5.74) is 2.47. The predicted octanol–water partition coefficient (Wildman–Crippen LogP) is 3.66. The summed E-state index contributed by atoms with van der Waals surface area (Å²) in [7, 11) is 0. The molecule has 0 radical (unpaired) electrons. The SMILES string of the molecule is CCc1ccc(NC(=O)c2csc(C=CC(=O)O)c2)cc1. The summed E-state index contributed by atoms with van der Waals surface area (Å²) >= 11 is 1.33. The third-order valence-corrected chi connectivity index (χ3v) is 3.79. The highest BCUT2D eigenvalue weighted by Crippen LogP contribution is 2.18. The van der Waals surface area contributed by atoms with Crippen molar-refractivity contribution in [1.82, 2.24) is 0 Å². The van der Waals surface area contributed by atoms with Crippen LogP contribution in [0.4, 0.5) is 5.69 Å². The summed E-state index contributed by atoms with van der Waals surface area (Å²) in [6.07, 6.45) is 3.48. The third-order valence-electron chi connectivity index (χ3n) is 2.89. The van der Waals surface area contributed by atoms with Crippen LogP contribution in [0.3, 0.4) is 0 Å². The zero-order chi connectivity index (χ0) is 15.2. The minimum Gasteiger partial charge on any atom is -0.478 e. The second-order valence-electron chi connectivity index (χ2n) is 4.41. The van der Waals surface area contributed by atoms with Crippen LogP contribution in [0.1, 0.15) is 27.7 Å². The quantitative estimate of drug-likeness (QED) is 0.828. The van der Waals surface area contributed by atoms with Crippen molar-refractivity contribution < 1.29 is 14.7 Å². The molecule has 0 aliphatic heterocycles. The average molecular weight is 301 g/mol. The highest BCUT2D eigenvalue weighted by Gasteiger charge is 2.08. The number of carboxylic acids is 1. The van der Waals surface area contributed by atoms with Crippen LogP contribution >= 0.6 is 11.3 Å².